The third-order valence-electron chi connectivity index (χ3n) is 5.69. The summed E-state index contributed by atoms with van der Waals surface area (Å²) in [6.07, 6.45) is 5.56. The number of aryl methyl sites for hydroxylation is 1. The first-order valence-electron chi connectivity index (χ1n) is 11.4. The van der Waals surface area contributed by atoms with Gasteiger partial charge in [-0.2, -0.15) is 4.99 Å². The quantitative estimate of drug-likeness (QED) is 0.316. The number of allylic oxidation sites excluding steroid dienone is 1. The number of esters is 1. The Balaban J connectivity index is 1.41. The molecule has 0 fully saturated rings. The van der Waals surface area contributed by atoms with Gasteiger partial charge in [0.25, 0.3) is 5.91 Å². The summed E-state index contributed by atoms with van der Waals surface area (Å²) in [7, 11) is 2.95. The van der Waals surface area contributed by atoms with Gasteiger partial charge in [0.2, 0.25) is 5.91 Å². The van der Waals surface area contributed by atoms with Crippen molar-refractivity contribution in [1.82, 2.24) is 4.57 Å². The number of carbonyl (C=O) groups excluding carboxylic acids is 3. The van der Waals surface area contributed by atoms with Crippen LogP contribution in [-0.2, 0) is 33.7 Å². The molecule has 0 aliphatic heterocycles. The van der Waals surface area contributed by atoms with Crippen molar-refractivity contribution in [3.8, 4) is 5.75 Å². The fourth-order valence-corrected chi connectivity index (χ4v) is 7.05. The van der Waals surface area contributed by atoms with Crippen molar-refractivity contribution in [2.45, 2.75) is 32.2 Å². The molecular weight excluding hydrogens is 518 g/mol. The van der Waals surface area contributed by atoms with Crippen LogP contribution < -0.4 is 14.9 Å². The fraction of sp³-hybridized carbons (Fsp3) is 0.360. The molecule has 1 N–H and O–H groups in total. The maximum atomic E-state index is 12.6. The molecule has 3 aromatic rings. The molecular formula is C25H27N3O5S3. The van der Waals surface area contributed by atoms with E-state index in [0.29, 0.717) is 21.9 Å². The van der Waals surface area contributed by atoms with Crippen LogP contribution in [0.25, 0.3) is 10.2 Å². The number of nitrogens with one attached hydrogen (secondary N) is 1. The zero-order valence-electron chi connectivity index (χ0n) is 20.1. The average molecular weight is 546 g/mol. The summed E-state index contributed by atoms with van der Waals surface area (Å²) in [6.45, 7) is 4.31. The molecule has 11 heteroatoms. The summed E-state index contributed by atoms with van der Waals surface area (Å²) in [5, 5.41) is 3.38. The van der Waals surface area contributed by atoms with Crippen molar-refractivity contribution < 1.29 is 23.9 Å². The lowest BCUT2D eigenvalue weighted by Gasteiger charge is -2.11. The number of nitrogens with zero attached hydrogens (tertiary/aromatic N) is 2. The van der Waals surface area contributed by atoms with Crippen molar-refractivity contribution in [2.24, 2.45) is 4.99 Å². The summed E-state index contributed by atoms with van der Waals surface area (Å²) in [5.74, 6) is -0.167. The molecule has 0 spiro atoms. The van der Waals surface area contributed by atoms with Crippen molar-refractivity contribution in [3.63, 3.8) is 0 Å². The number of hydrogen-bond donors (Lipinski definition) is 1. The molecule has 0 radical (unpaired) electrons. The predicted octanol–water partition coefficient (Wildman–Crippen LogP) is 4.42. The first kappa shape index (κ1) is 26.2. The van der Waals surface area contributed by atoms with Gasteiger partial charge in [-0.05, 0) is 49.4 Å². The lowest BCUT2D eigenvalue weighted by molar-refractivity contribution is -0.115. The molecule has 190 valence electrons. The Morgan fingerprint density at radius 1 is 1.19 bits per heavy atom. The van der Waals surface area contributed by atoms with E-state index in [-0.39, 0.29) is 23.3 Å². The number of carbonyl (C=O) groups is 3. The normalized spacial score (nSPS) is 13.3. The summed E-state index contributed by atoms with van der Waals surface area (Å²) >= 11 is 4.02. The summed E-state index contributed by atoms with van der Waals surface area (Å²) in [5.41, 5.74) is 2.40. The van der Waals surface area contributed by atoms with E-state index in [9.17, 15) is 14.4 Å². The highest BCUT2D eigenvalue weighted by atomic mass is 32.2. The van der Waals surface area contributed by atoms with Gasteiger partial charge in [-0.3, -0.25) is 9.59 Å². The number of ether oxygens (including phenoxy) is 2. The molecule has 1 aliphatic rings. The fourth-order valence-electron chi connectivity index (χ4n) is 4.08. The molecule has 36 heavy (non-hydrogen) atoms. The Kier molecular flexibility index (Phi) is 8.65. The molecule has 0 saturated carbocycles. The molecule has 8 nitrogen and oxygen atoms in total. The second-order valence-electron chi connectivity index (χ2n) is 8.07. The standard InChI is InChI=1S/C25H27N3O5S3/c1-4-11-28-17-10-9-15(32-2)12-19(17)36-25(28)27-21(30)14-34-13-20(29)26-23-22(24(31)33-3)16-7-5-6-8-18(16)35-23/h4,9-10,12H,1,5-8,11,13-14H2,2-3H3,(H,26,29). The highest BCUT2D eigenvalue weighted by molar-refractivity contribution is 8.00. The van der Waals surface area contributed by atoms with E-state index >= 15 is 0 Å². The highest BCUT2D eigenvalue weighted by Crippen LogP contribution is 2.38. The average Bonchev–Trinajstić information content (AvgIpc) is 3.40. The molecule has 2 heterocycles. The van der Waals surface area contributed by atoms with Gasteiger partial charge in [0.1, 0.15) is 10.8 Å². The van der Waals surface area contributed by atoms with Crippen molar-refractivity contribution in [3.05, 3.63) is 51.7 Å². The van der Waals surface area contributed by atoms with Gasteiger partial charge in [0.05, 0.1) is 41.5 Å². The molecule has 2 amide bonds. The second-order valence-corrected chi connectivity index (χ2v) is 11.2. The second kappa shape index (κ2) is 11.9. The molecule has 0 saturated heterocycles. The van der Waals surface area contributed by atoms with Crippen LogP contribution in [0.2, 0.25) is 0 Å². The largest absolute Gasteiger partial charge is 0.497 e. The zero-order valence-corrected chi connectivity index (χ0v) is 22.6. The van der Waals surface area contributed by atoms with Gasteiger partial charge in [-0.1, -0.05) is 17.4 Å². The van der Waals surface area contributed by atoms with Crippen LogP contribution in [0.15, 0.2) is 35.8 Å². The first-order chi connectivity index (χ1) is 17.4. The maximum Gasteiger partial charge on any atom is 0.341 e. The van der Waals surface area contributed by atoms with Crippen LogP contribution in [0.5, 0.6) is 5.75 Å². The number of benzene rings is 1. The highest BCUT2D eigenvalue weighted by Gasteiger charge is 2.26. The van der Waals surface area contributed by atoms with Crippen LogP contribution in [0.3, 0.4) is 0 Å². The van der Waals surface area contributed by atoms with Crippen LogP contribution in [0.4, 0.5) is 5.00 Å². The van der Waals surface area contributed by atoms with Crippen molar-refractivity contribution in [2.75, 3.05) is 31.0 Å². The van der Waals surface area contributed by atoms with Gasteiger partial charge in [0, 0.05) is 11.4 Å². The molecule has 0 atom stereocenters. The van der Waals surface area contributed by atoms with Gasteiger partial charge in [-0.25, -0.2) is 4.79 Å². The third kappa shape index (κ3) is 5.74. The van der Waals surface area contributed by atoms with E-state index in [2.05, 4.69) is 16.9 Å². The topological polar surface area (TPSA) is 99.0 Å². The minimum atomic E-state index is -0.430. The van der Waals surface area contributed by atoms with E-state index < -0.39 is 5.97 Å². The Bertz CT molecular complexity index is 1390. The van der Waals surface area contributed by atoms with Crippen molar-refractivity contribution in [1.29, 1.82) is 0 Å². The molecule has 0 unspecified atom stereocenters. The maximum absolute atomic E-state index is 12.6. The summed E-state index contributed by atoms with van der Waals surface area (Å²) < 4.78 is 13.1. The van der Waals surface area contributed by atoms with Crippen LogP contribution in [0.1, 0.15) is 33.6 Å². The van der Waals surface area contributed by atoms with Crippen molar-refractivity contribution >= 4 is 67.4 Å². The monoisotopic (exact) mass is 545 g/mol. The molecule has 2 aromatic heterocycles. The minimum Gasteiger partial charge on any atom is -0.497 e. The first-order valence-corrected chi connectivity index (χ1v) is 14.2. The van der Waals surface area contributed by atoms with Crippen LogP contribution in [0, 0.1) is 0 Å². The number of aromatic nitrogens is 1. The number of hydrogen-bond acceptors (Lipinski definition) is 8. The van der Waals surface area contributed by atoms with E-state index in [4.69, 9.17) is 9.47 Å². The Morgan fingerprint density at radius 2 is 2.00 bits per heavy atom. The number of fused-ring (bicyclic) bond motifs is 2. The van der Waals surface area contributed by atoms with Gasteiger partial charge < -0.3 is 19.4 Å². The number of thiazole rings is 1. The van der Waals surface area contributed by atoms with Gasteiger partial charge in [-0.15, -0.1) is 29.7 Å². The Labute approximate surface area is 221 Å². The van der Waals surface area contributed by atoms with Crippen LogP contribution >= 0.6 is 34.4 Å². The van der Waals surface area contributed by atoms with Gasteiger partial charge >= 0.3 is 5.97 Å². The smallest absolute Gasteiger partial charge is 0.341 e. The summed E-state index contributed by atoms with van der Waals surface area (Å²) in [4.78, 5) is 43.5. The molecule has 0 bridgehead atoms. The SMILES string of the molecule is C=CCn1c(=NC(=O)CSCC(=O)Nc2sc3c(c2C(=O)OC)CCCC3)sc2cc(OC)ccc21. The van der Waals surface area contributed by atoms with E-state index in [1.165, 1.54) is 41.5 Å². The number of thiophene rings is 1. The van der Waals surface area contributed by atoms with Crippen LogP contribution in [-0.4, -0.2) is 48.1 Å². The molecule has 1 aliphatic carbocycles. The number of rotatable bonds is 9. The molecule has 1 aromatic carbocycles. The Hall–Kier alpha value is -2.89. The predicted molar refractivity (Wildman–Crippen MR) is 145 cm³/mol. The molecule has 4 rings (SSSR count). The van der Waals surface area contributed by atoms with E-state index in [1.54, 1.807) is 13.2 Å². The number of methoxy groups -OCH3 is 2. The summed E-state index contributed by atoms with van der Waals surface area (Å²) in [6, 6.07) is 5.71. The van der Waals surface area contributed by atoms with E-state index in [1.807, 2.05) is 22.8 Å². The lowest BCUT2D eigenvalue weighted by atomic mass is 9.95. The number of anilines is 1. The number of thioether (sulfide) groups is 1. The van der Waals surface area contributed by atoms with Gasteiger partial charge in [0.15, 0.2) is 4.80 Å². The minimum absolute atomic E-state index is 0.0594. The Morgan fingerprint density at radius 3 is 2.75 bits per heavy atom. The number of amides is 2. The third-order valence-corrected chi connectivity index (χ3v) is 8.86. The lowest BCUT2D eigenvalue weighted by Crippen LogP contribution is -2.19. The van der Waals surface area contributed by atoms with E-state index in [0.717, 1.165) is 52.1 Å². The zero-order chi connectivity index (χ0) is 25.7.